The number of nitrogens with zero attached hydrogens (tertiary/aromatic N) is 4. The van der Waals surface area contributed by atoms with E-state index in [0.29, 0.717) is 5.56 Å². The van der Waals surface area contributed by atoms with E-state index in [1.807, 2.05) is 36.0 Å². The van der Waals surface area contributed by atoms with E-state index in [1.54, 1.807) is 29.7 Å². The van der Waals surface area contributed by atoms with Crippen molar-refractivity contribution >= 4 is 17.6 Å². The van der Waals surface area contributed by atoms with Gasteiger partial charge in [0.2, 0.25) is 4.80 Å². The monoisotopic (exact) mass is 270 g/mol. The number of aromatic nitrogens is 1. The van der Waals surface area contributed by atoms with Crippen LogP contribution in [0.2, 0.25) is 0 Å². The largest absolute Gasteiger partial charge is 0.258 e. The molecule has 0 bridgehead atoms. The number of rotatable bonds is 3. The van der Waals surface area contributed by atoms with Gasteiger partial charge < -0.3 is 0 Å². The van der Waals surface area contributed by atoms with Crippen LogP contribution in [-0.2, 0) is 0 Å². The van der Waals surface area contributed by atoms with Crippen molar-refractivity contribution < 1.29 is 0 Å². The van der Waals surface area contributed by atoms with Crippen LogP contribution in [0.5, 0.6) is 0 Å². The van der Waals surface area contributed by atoms with Gasteiger partial charge in [-0.3, -0.25) is 4.99 Å². The number of aryl methyl sites for hydroxylation is 1. The van der Waals surface area contributed by atoms with E-state index < -0.39 is 0 Å². The lowest BCUT2D eigenvalue weighted by Gasteiger charge is -1.97. The average Bonchev–Trinajstić information content (AvgIpc) is 2.78. The third-order valence-corrected chi connectivity index (χ3v) is 3.48. The molecular weight excluding hydrogens is 256 g/mol. The zero-order valence-corrected chi connectivity index (χ0v) is 11.7. The molecule has 0 saturated carbocycles. The SMILES string of the molecule is CCN=c1scc(C)n1/N=C\c1ccc(C#N)cc1. The fourth-order valence-corrected chi connectivity index (χ4v) is 2.41. The molecule has 0 aliphatic rings. The predicted octanol–water partition coefficient (Wildman–Crippen LogP) is 2.53. The van der Waals surface area contributed by atoms with Crippen LogP contribution >= 0.6 is 11.3 Å². The lowest BCUT2D eigenvalue weighted by molar-refractivity contribution is 0.794. The zero-order valence-electron chi connectivity index (χ0n) is 10.9. The maximum atomic E-state index is 8.74. The van der Waals surface area contributed by atoms with E-state index in [2.05, 4.69) is 16.2 Å². The van der Waals surface area contributed by atoms with E-state index in [4.69, 9.17) is 5.26 Å². The van der Waals surface area contributed by atoms with Crippen molar-refractivity contribution in [3.63, 3.8) is 0 Å². The van der Waals surface area contributed by atoms with Crippen molar-refractivity contribution in [2.24, 2.45) is 10.1 Å². The molecule has 96 valence electrons. The second kappa shape index (κ2) is 6.12. The summed E-state index contributed by atoms with van der Waals surface area (Å²) in [6.07, 6.45) is 1.77. The molecule has 0 radical (unpaired) electrons. The molecule has 0 saturated heterocycles. The Kier molecular flexibility index (Phi) is 4.26. The van der Waals surface area contributed by atoms with Crippen molar-refractivity contribution in [1.29, 1.82) is 5.26 Å². The molecular formula is C14H14N4S. The molecule has 0 amide bonds. The van der Waals surface area contributed by atoms with Crippen LogP contribution in [0.25, 0.3) is 0 Å². The first-order valence-electron chi connectivity index (χ1n) is 5.96. The molecule has 0 aliphatic carbocycles. The summed E-state index contributed by atoms with van der Waals surface area (Å²) in [7, 11) is 0. The van der Waals surface area contributed by atoms with Gasteiger partial charge in [0.15, 0.2) is 0 Å². The molecule has 0 fully saturated rings. The van der Waals surface area contributed by atoms with Crippen LogP contribution in [0.1, 0.15) is 23.7 Å². The Bertz CT molecular complexity index is 683. The van der Waals surface area contributed by atoms with Crippen molar-refractivity contribution in [3.8, 4) is 6.07 Å². The Hall–Kier alpha value is -2.19. The van der Waals surface area contributed by atoms with Gasteiger partial charge in [-0.15, -0.1) is 11.3 Å². The van der Waals surface area contributed by atoms with Gasteiger partial charge in [-0.25, -0.2) is 4.68 Å². The quantitative estimate of drug-likeness (QED) is 0.791. The van der Waals surface area contributed by atoms with Crippen LogP contribution in [0.15, 0.2) is 39.7 Å². The molecule has 19 heavy (non-hydrogen) atoms. The van der Waals surface area contributed by atoms with Gasteiger partial charge in [0, 0.05) is 11.9 Å². The molecule has 5 heteroatoms. The van der Waals surface area contributed by atoms with E-state index in [0.717, 1.165) is 22.6 Å². The van der Waals surface area contributed by atoms with Crippen LogP contribution in [0.3, 0.4) is 0 Å². The van der Waals surface area contributed by atoms with Gasteiger partial charge in [0.05, 0.1) is 23.5 Å². The highest BCUT2D eigenvalue weighted by Crippen LogP contribution is 2.03. The number of benzene rings is 1. The van der Waals surface area contributed by atoms with Crippen molar-refractivity contribution in [1.82, 2.24) is 4.68 Å². The zero-order chi connectivity index (χ0) is 13.7. The second-order valence-corrected chi connectivity index (χ2v) is 4.76. The highest BCUT2D eigenvalue weighted by molar-refractivity contribution is 7.07. The Balaban J connectivity index is 2.30. The summed E-state index contributed by atoms with van der Waals surface area (Å²) >= 11 is 1.58. The first kappa shape index (κ1) is 13.2. The highest BCUT2D eigenvalue weighted by Gasteiger charge is 1.98. The van der Waals surface area contributed by atoms with E-state index in [1.165, 1.54) is 0 Å². The Morgan fingerprint density at radius 1 is 1.37 bits per heavy atom. The Labute approximate surface area is 116 Å². The second-order valence-electron chi connectivity index (χ2n) is 3.92. The molecule has 1 heterocycles. The summed E-state index contributed by atoms with van der Waals surface area (Å²) in [5.74, 6) is 0. The maximum absolute atomic E-state index is 8.74. The minimum Gasteiger partial charge on any atom is -0.258 e. The molecule has 4 nitrogen and oxygen atoms in total. The molecule has 2 aromatic rings. The fraction of sp³-hybridized carbons (Fsp3) is 0.214. The van der Waals surface area contributed by atoms with Crippen LogP contribution < -0.4 is 4.80 Å². The topological polar surface area (TPSA) is 53.4 Å². The lowest BCUT2D eigenvalue weighted by Crippen LogP contribution is -2.12. The molecule has 0 atom stereocenters. The van der Waals surface area contributed by atoms with E-state index in [9.17, 15) is 0 Å². The van der Waals surface area contributed by atoms with Gasteiger partial charge in [0.1, 0.15) is 0 Å². The number of hydrogen-bond donors (Lipinski definition) is 0. The van der Waals surface area contributed by atoms with Crippen LogP contribution in [0, 0.1) is 18.3 Å². The number of thiazole rings is 1. The summed E-state index contributed by atoms with van der Waals surface area (Å²) in [5, 5.41) is 15.2. The van der Waals surface area contributed by atoms with Gasteiger partial charge in [-0.2, -0.15) is 10.4 Å². The maximum Gasteiger partial charge on any atom is 0.205 e. The molecule has 1 aromatic carbocycles. The van der Waals surface area contributed by atoms with E-state index in [-0.39, 0.29) is 0 Å². The van der Waals surface area contributed by atoms with Crippen LogP contribution in [0.4, 0.5) is 0 Å². The standard InChI is InChI=1S/C14H14N4S/c1-3-16-14-18(11(2)10-19-14)17-9-13-6-4-12(8-15)5-7-13/h4-7,9-10H,3H2,1-2H3/b16-14?,17-9-. The first-order valence-corrected chi connectivity index (χ1v) is 6.84. The van der Waals surface area contributed by atoms with Gasteiger partial charge >= 0.3 is 0 Å². The van der Waals surface area contributed by atoms with Gasteiger partial charge in [0.25, 0.3) is 0 Å². The van der Waals surface area contributed by atoms with Crippen molar-refractivity contribution in [2.75, 3.05) is 6.54 Å². The molecule has 2 rings (SSSR count). The van der Waals surface area contributed by atoms with Gasteiger partial charge in [-0.05, 0) is 31.5 Å². The Morgan fingerprint density at radius 2 is 2.11 bits per heavy atom. The summed E-state index contributed by atoms with van der Waals surface area (Å²) in [5.41, 5.74) is 2.67. The molecule has 0 N–H and O–H groups in total. The third-order valence-electron chi connectivity index (χ3n) is 2.51. The third kappa shape index (κ3) is 3.18. The Morgan fingerprint density at radius 3 is 2.74 bits per heavy atom. The normalized spacial score (nSPS) is 11.9. The number of hydrogen-bond acceptors (Lipinski definition) is 4. The molecule has 0 aliphatic heterocycles. The smallest absolute Gasteiger partial charge is 0.205 e. The fourth-order valence-electron chi connectivity index (χ4n) is 1.54. The van der Waals surface area contributed by atoms with Crippen molar-refractivity contribution in [3.05, 3.63) is 51.3 Å². The average molecular weight is 270 g/mol. The number of nitriles is 1. The minimum atomic E-state index is 0.651. The van der Waals surface area contributed by atoms with Gasteiger partial charge in [-0.1, -0.05) is 12.1 Å². The highest BCUT2D eigenvalue weighted by atomic mass is 32.1. The molecule has 0 unspecified atom stereocenters. The predicted molar refractivity (Wildman–Crippen MR) is 77.3 cm³/mol. The summed E-state index contributed by atoms with van der Waals surface area (Å²) in [6.45, 7) is 4.75. The van der Waals surface area contributed by atoms with Crippen molar-refractivity contribution in [2.45, 2.75) is 13.8 Å². The van der Waals surface area contributed by atoms with E-state index >= 15 is 0 Å². The molecule has 1 aromatic heterocycles. The minimum absolute atomic E-state index is 0.651. The lowest BCUT2D eigenvalue weighted by atomic mass is 10.2. The summed E-state index contributed by atoms with van der Waals surface area (Å²) in [6, 6.07) is 9.41. The summed E-state index contributed by atoms with van der Waals surface area (Å²) < 4.78 is 1.83. The van der Waals surface area contributed by atoms with Crippen LogP contribution in [-0.4, -0.2) is 17.4 Å². The molecule has 0 spiro atoms. The summed E-state index contributed by atoms with van der Waals surface area (Å²) in [4.78, 5) is 5.29. The first-order chi connectivity index (χ1) is 9.24.